The number of nitriles is 4. The maximum absolute atomic E-state index is 11.6. The highest BCUT2D eigenvalue weighted by Crippen LogP contribution is 2.49. The number of benzene rings is 16. The molecule has 0 aliphatic rings. The molecule has 0 saturated carbocycles. The van der Waals surface area contributed by atoms with E-state index in [1.807, 2.05) is 152 Å². The average Bonchev–Trinajstić information content (AvgIpc) is 1.54. The molecule has 0 bridgehead atoms. The summed E-state index contributed by atoms with van der Waals surface area (Å²) in [6, 6.07) is 150. The van der Waals surface area contributed by atoms with Crippen LogP contribution in [0.2, 0.25) is 0 Å². The summed E-state index contributed by atoms with van der Waals surface area (Å²) in [5.74, 6) is 0. The summed E-state index contributed by atoms with van der Waals surface area (Å²) in [7, 11) is 0. The Bertz CT molecular complexity index is 9080. The van der Waals surface area contributed by atoms with Gasteiger partial charge in [-0.2, -0.15) is 21.0 Å². The molecule has 8 heterocycles. The molecule has 12 nitrogen and oxygen atoms in total. The standard InChI is InChI=1S/C120H70N12/c121-71-75-21-19-31-91(55-75)119-115(129-109-38-18-15-35-96(109)99-61-83(41-46-110(99)129)87-49-52-125-102(64-87)79-23-5-1-6-24-79)57-77(73-123)58-116(119)130-111-47-42-84(88-50-53-126-103(65-88)80-25-7-2-8-26-80)62-100(111)101-63-90(43-48-112(101)130)106-68-93(67-105(128-106)82-29-11-4-12-30-82)86-40-45-98-95-34-14-17-37-108(95)132(114(98)70-86)118-60-78(74-124)59-117(120(118)92-32-20-22-76(56-92)72-122)131-107-36-16-13-33-94(107)97-44-39-85(69-113(97)131)89-51-54-127-104(66-89)81-27-9-3-10-28-81/h1-70H. The van der Waals surface area contributed by atoms with Crippen molar-refractivity contribution in [2.75, 3.05) is 0 Å². The zero-order chi connectivity index (χ0) is 88.0. The summed E-state index contributed by atoms with van der Waals surface area (Å²) in [4.78, 5) is 20.2. The molecule has 24 aromatic rings. The van der Waals surface area contributed by atoms with Crippen molar-refractivity contribution >= 4 is 87.2 Å². The number of aromatic nitrogens is 8. The van der Waals surface area contributed by atoms with E-state index in [-0.39, 0.29) is 0 Å². The molecule has 132 heavy (non-hydrogen) atoms. The monoisotopic (exact) mass is 1680 g/mol. The third kappa shape index (κ3) is 13.1. The van der Waals surface area contributed by atoms with Crippen LogP contribution in [0.25, 0.3) is 233 Å². The van der Waals surface area contributed by atoms with E-state index >= 15 is 0 Å². The Balaban J connectivity index is 0.717. The van der Waals surface area contributed by atoms with Gasteiger partial charge >= 0.3 is 0 Å². The zero-order valence-electron chi connectivity index (χ0n) is 70.8. The van der Waals surface area contributed by atoms with Crippen molar-refractivity contribution in [1.29, 1.82) is 21.0 Å². The number of hydrogen-bond donors (Lipinski definition) is 0. The molecule has 0 fully saturated rings. The second-order valence-corrected chi connectivity index (χ2v) is 33.3. The lowest BCUT2D eigenvalue weighted by Gasteiger charge is -2.21. The lowest BCUT2D eigenvalue weighted by molar-refractivity contribution is 1.13. The van der Waals surface area contributed by atoms with Gasteiger partial charge in [-0.25, -0.2) is 4.98 Å². The quantitative estimate of drug-likeness (QED) is 0.0978. The van der Waals surface area contributed by atoms with Gasteiger partial charge in [0.25, 0.3) is 0 Å². The van der Waals surface area contributed by atoms with Crippen LogP contribution in [0.1, 0.15) is 22.3 Å². The number of pyridine rings is 4. The molecule has 24 rings (SSSR count). The minimum atomic E-state index is 0.439. The molecule has 0 amide bonds. The van der Waals surface area contributed by atoms with Gasteiger partial charge in [-0.3, -0.25) is 15.0 Å². The van der Waals surface area contributed by atoms with E-state index in [0.29, 0.717) is 22.3 Å². The van der Waals surface area contributed by atoms with E-state index < -0.39 is 0 Å². The first-order valence-corrected chi connectivity index (χ1v) is 43.7. The number of fused-ring (bicyclic) bond motifs is 12. The SMILES string of the molecule is N#Cc1cccc(-c2c(-n3c4ccccc4c4cc(-c5ccnc(-c6ccccc6)c5)ccc43)cc(C#N)cc2-n2c3ccc(-c4ccnc(-c5ccccc5)c4)cc3c3cc(-c4cc(-c5ccc6c7ccccc7n(-c7cc(C#N)cc(-n8c9ccccc9c9ccc(-c%10ccnc(-c%11ccccc%11)c%10)cc98)c7-c7cccc(C#N)c7)c6c5)cc(-c5ccccc5)n4)ccc32)c1. The van der Waals surface area contributed by atoms with Gasteiger partial charge in [0.2, 0.25) is 0 Å². The molecule has 12 heteroatoms. The van der Waals surface area contributed by atoms with Crippen LogP contribution in [-0.4, -0.2) is 38.2 Å². The highest BCUT2D eigenvalue weighted by molar-refractivity contribution is 6.17. The summed E-state index contributed by atoms with van der Waals surface area (Å²) in [5, 5.41) is 52.9. The van der Waals surface area contributed by atoms with Crippen LogP contribution >= 0.6 is 0 Å². The van der Waals surface area contributed by atoms with E-state index in [9.17, 15) is 21.0 Å². The van der Waals surface area contributed by atoms with Gasteiger partial charge in [0.15, 0.2) is 0 Å². The first-order valence-electron chi connectivity index (χ1n) is 43.7. The Morgan fingerprint density at radius 3 is 0.833 bits per heavy atom. The van der Waals surface area contributed by atoms with Crippen LogP contribution in [0.4, 0.5) is 0 Å². The second-order valence-electron chi connectivity index (χ2n) is 33.3. The van der Waals surface area contributed by atoms with Gasteiger partial charge in [0, 0.05) is 101 Å². The first-order chi connectivity index (χ1) is 65.2. The fraction of sp³-hybridized carbons (Fsp3) is 0. The van der Waals surface area contributed by atoms with Gasteiger partial charge in [0.1, 0.15) is 0 Å². The molecule has 0 radical (unpaired) electrons. The van der Waals surface area contributed by atoms with Crippen molar-refractivity contribution in [1.82, 2.24) is 38.2 Å². The molecule has 610 valence electrons. The van der Waals surface area contributed by atoms with Gasteiger partial charge < -0.3 is 18.3 Å². The number of hydrogen-bond acceptors (Lipinski definition) is 8. The maximum Gasteiger partial charge on any atom is 0.0993 e. The van der Waals surface area contributed by atoms with Crippen molar-refractivity contribution in [2.45, 2.75) is 0 Å². The van der Waals surface area contributed by atoms with Crippen LogP contribution in [-0.2, 0) is 0 Å². The lowest BCUT2D eigenvalue weighted by Crippen LogP contribution is -2.05. The Morgan fingerprint density at radius 1 is 0.167 bits per heavy atom. The smallest absolute Gasteiger partial charge is 0.0993 e. The van der Waals surface area contributed by atoms with Crippen LogP contribution in [0.3, 0.4) is 0 Å². The summed E-state index contributed by atoms with van der Waals surface area (Å²) < 4.78 is 9.21. The molecule has 0 atom stereocenters. The van der Waals surface area contributed by atoms with E-state index in [1.54, 1.807) is 0 Å². The summed E-state index contributed by atoms with van der Waals surface area (Å²) in [6.07, 6.45) is 5.62. The van der Waals surface area contributed by atoms with Gasteiger partial charge in [-0.15, -0.1) is 0 Å². The van der Waals surface area contributed by atoms with E-state index in [2.05, 4.69) is 316 Å². The van der Waals surface area contributed by atoms with Crippen LogP contribution in [0, 0.1) is 45.3 Å². The van der Waals surface area contributed by atoms with Crippen molar-refractivity contribution < 1.29 is 0 Å². The Labute approximate surface area is 758 Å². The van der Waals surface area contributed by atoms with Crippen molar-refractivity contribution in [3.8, 4) is 170 Å². The van der Waals surface area contributed by atoms with Crippen molar-refractivity contribution in [3.05, 3.63) is 447 Å². The predicted molar refractivity (Wildman–Crippen MR) is 534 cm³/mol. The number of rotatable bonds is 15. The number of nitrogens with zero attached hydrogens (tertiary/aromatic N) is 12. The van der Waals surface area contributed by atoms with E-state index in [0.717, 1.165) is 233 Å². The maximum atomic E-state index is 11.6. The minimum Gasteiger partial charge on any atom is -0.308 e. The Hall–Kier alpha value is -18.7. The highest BCUT2D eigenvalue weighted by Gasteiger charge is 2.29. The molecule has 0 spiro atoms. The fourth-order valence-corrected chi connectivity index (χ4v) is 19.7. The zero-order valence-corrected chi connectivity index (χ0v) is 70.8. The molecular weight excluding hydrogens is 1610 g/mol. The summed E-state index contributed by atoms with van der Waals surface area (Å²) >= 11 is 0. The third-order valence-corrected chi connectivity index (χ3v) is 25.8. The van der Waals surface area contributed by atoms with E-state index in [1.165, 1.54) is 0 Å². The van der Waals surface area contributed by atoms with Crippen molar-refractivity contribution in [3.63, 3.8) is 0 Å². The topological polar surface area (TPSA) is 166 Å². The molecule has 0 aliphatic carbocycles. The Morgan fingerprint density at radius 2 is 0.439 bits per heavy atom. The average molecular weight is 1680 g/mol. The van der Waals surface area contributed by atoms with Gasteiger partial charge in [-0.1, -0.05) is 243 Å². The fourth-order valence-electron chi connectivity index (χ4n) is 19.7. The third-order valence-electron chi connectivity index (χ3n) is 25.8. The summed E-state index contributed by atoms with van der Waals surface area (Å²) in [5.41, 5.74) is 32.2. The normalized spacial score (nSPS) is 11.5. The second kappa shape index (κ2) is 31.7. The predicted octanol–water partition coefficient (Wildman–Crippen LogP) is 29.5. The lowest BCUT2D eigenvalue weighted by atomic mass is 9.96. The van der Waals surface area contributed by atoms with Gasteiger partial charge in [-0.05, 0) is 219 Å². The molecule has 0 aliphatic heterocycles. The summed E-state index contributed by atoms with van der Waals surface area (Å²) in [6.45, 7) is 0. The molecule has 0 unspecified atom stereocenters. The van der Waals surface area contributed by atoms with Crippen molar-refractivity contribution in [2.24, 2.45) is 0 Å². The van der Waals surface area contributed by atoms with Gasteiger partial charge in [0.05, 0.1) is 142 Å². The van der Waals surface area contributed by atoms with Crippen LogP contribution in [0.15, 0.2) is 425 Å². The Kier molecular flexibility index (Phi) is 18.5. The van der Waals surface area contributed by atoms with Crippen LogP contribution in [0.5, 0.6) is 0 Å². The van der Waals surface area contributed by atoms with Crippen LogP contribution < -0.4 is 0 Å². The highest BCUT2D eigenvalue weighted by atomic mass is 15.0. The molecule has 8 aromatic heterocycles. The molecular formula is C120H70N12. The first kappa shape index (κ1) is 76.9. The molecule has 0 saturated heterocycles. The largest absolute Gasteiger partial charge is 0.308 e. The molecule has 0 N–H and O–H groups in total. The van der Waals surface area contributed by atoms with E-state index in [4.69, 9.17) is 19.9 Å². The number of para-hydroxylation sites is 3. The minimum absolute atomic E-state index is 0.439. The molecule has 16 aromatic carbocycles.